The van der Waals surface area contributed by atoms with Crippen LogP contribution in [-0.4, -0.2) is 37.1 Å². The van der Waals surface area contributed by atoms with Crippen LogP contribution in [0.3, 0.4) is 0 Å². The largest absolute Gasteiger partial charge is 0.313 e. The van der Waals surface area contributed by atoms with Crippen LogP contribution in [0.1, 0.15) is 65.7 Å². The molecule has 112 valence electrons. The van der Waals surface area contributed by atoms with Crippen molar-refractivity contribution in [3.05, 3.63) is 0 Å². The van der Waals surface area contributed by atoms with Gasteiger partial charge in [0, 0.05) is 19.1 Å². The van der Waals surface area contributed by atoms with Crippen LogP contribution in [0.4, 0.5) is 0 Å². The molecule has 1 unspecified atom stereocenters. The smallest absolute Gasteiger partial charge is 0.00684 e. The fourth-order valence-corrected chi connectivity index (χ4v) is 3.45. The Bertz CT molecular complexity index is 258. The predicted octanol–water partition coefficient (Wildman–Crippen LogP) is 3.67. The van der Waals surface area contributed by atoms with Crippen molar-refractivity contribution in [1.82, 2.24) is 10.2 Å². The Balaban J connectivity index is 1.71. The van der Waals surface area contributed by atoms with E-state index in [0.717, 1.165) is 12.0 Å². The number of rotatable bonds is 7. The topological polar surface area (TPSA) is 15.3 Å². The minimum Gasteiger partial charge on any atom is -0.313 e. The monoisotopic (exact) mass is 266 g/mol. The molecular formula is C17H34N2. The lowest BCUT2D eigenvalue weighted by Gasteiger charge is -2.32. The molecule has 2 nitrogen and oxygen atoms in total. The van der Waals surface area contributed by atoms with Crippen molar-refractivity contribution in [2.75, 3.05) is 26.2 Å². The van der Waals surface area contributed by atoms with E-state index in [1.165, 1.54) is 71.1 Å². The Morgan fingerprint density at radius 3 is 2.58 bits per heavy atom. The first-order chi connectivity index (χ1) is 9.09. The van der Waals surface area contributed by atoms with Crippen molar-refractivity contribution < 1.29 is 0 Å². The molecule has 1 heterocycles. The van der Waals surface area contributed by atoms with Gasteiger partial charge in [-0.1, -0.05) is 33.6 Å². The third-order valence-electron chi connectivity index (χ3n) is 4.74. The molecule has 0 aromatic heterocycles. The molecule has 1 aliphatic carbocycles. The van der Waals surface area contributed by atoms with Crippen LogP contribution < -0.4 is 5.32 Å². The maximum Gasteiger partial charge on any atom is 0.00684 e. The lowest BCUT2D eigenvalue weighted by molar-refractivity contribution is 0.177. The van der Waals surface area contributed by atoms with Crippen LogP contribution in [0.25, 0.3) is 0 Å². The molecule has 2 heteroatoms. The summed E-state index contributed by atoms with van der Waals surface area (Å²) in [5.41, 5.74) is 0.424. The molecule has 1 saturated heterocycles. The highest BCUT2D eigenvalue weighted by Crippen LogP contribution is 2.26. The average molecular weight is 266 g/mol. The molecule has 2 aliphatic rings. The minimum atomic E-state index is 0.424. The van der Waals surface area contributed by atoms with Gasteiger partial charge in [-0.25, -0.2) is 0 Å². The normalized spacial score (nSPS) is 26.4. The Kier molecular flexibility index (Phi) is 5.70. The fourth-order valence-electron chi connectivity index (χ4n) is 3.45. The number of nitrogens with zero attached hydrogens (tertiary/aromatic N) is 1. The standard InChI is InChI=1S/C17H34N2/c1-4-6-15-7-5-11-19(12-10-15)14-17(2,3)13-18-16-8-9-16/h15-16,18H,4-14H2,1-3H3. The summed E-state index contributed by atoms with van der Waals surface area (Å²) in [6.07, 6.45) is 9.92. The van der Waals surface area contributed by atoms with Gasteiger partial charge in [0.15, 0.2) is 0 Å². The molecule has 0 aromatic rings. The number of nitrogens with one attached hydrogen (secondary N) is 1. The number of hydrogen-bond acceptors (Lipinski definition) is 2. The third-order valence-corrected chi connectivity index (χ3v) is 4.74. The number of likely N-dealkylation sites (tertiary alicyclic amines) is 1. The Hall–Kier alpha value is -0.0800. The van der Waals surface area contributed by atoms with Gasteiger partial charge in [-0.2, -0.15) is 0 Å². The summed E-state index contributed by atoms with van der Waals surface area (Å²) < 4.78 is 0. The SMILES string of the molecule is CCCC1CCCN(CC(C)(C)CNC2CC2)CC1. The van der Waals surface area contributed by atoms with Gasteiger partial charge in [-0.05, 0) is 56.5 Å². The van der Waals surface area contributed by atoms with E-state index < -0.39 is 0 Å². The van der Waals surface area contributed by atoms with Gasteiger partial charge in [0.05, 0.1) is 0 Å². The second-order valence-corrected chi connectivity index (χ2v) is 7.68. The van der Waals surface area contributed by atoms with E-state index >= 15 is 0 Å². The van der Waals surface area contributed by atoms with E-state index in [-0.39, 0.29) is 0 Å². The van der Waals surface area contributed by atoms with Crippen molar-refractivity contribution in [1.29, 1.82) is 0 Å². The highest BCUT2D eigenvalue weighted by atomic mass is 15.1. The first-order valence-electron chi connectivity index (χ1n) is 8.55. The lowest BCUT2D eigenvalue weighted by Crippen LogP contribution is -2.41. The first-order valence-corrected chi connectivity index (χ1v) is 8.55. The van der Waals surface area contributed by atoms with Crippen LogP contribution in [0.2, 0.25) is 0 Å². The zero-order valence-electron chi connectivity index (χ0n) is 13.4. The fraction of sp³-hybridized carbons (Fsp3) is 1.00. The molecule has 0 bridgehead atoms. The quantitative estimate of drug-likeness (QED) is 0.756. The molecule has 1 saturated carbocycles. The molecule has 1 aliphatic heterocycles. The van der Waals surface area contributed by atoms with Gasteiger partial charge >= 0.3 is 0 Å². The maximum absolute atomic E-state index is 3.70. The Morgan fingerprint density at radius 1 is 1.11 bits per heavy atom. The molecular weight excluding hydrogens is 232 g/mol. The summed E-state index contributed by atoms with van der Waals surface area (Å²) in [4.78, 5) is 2.73. The zero-order chi connectivity index (χ0) is 13.7. The predicted molar refractivity (Wildman–Crippen MR) is 83.5 cm³/mol. The summed E-state index contributed by atoms with van der Waals surface area (Å²) >= 11 is 0. The van der Waals surface area contributed by atoms with Gasteiger partial charge in [0.1, 0.15) is 0 Å². The molecule has 1 N–H and O–H groups in total. The van der Waals surface area contributed by atoms with Crippen molar-refractivity contribution in [2.24, 2.45) is 11.3 Å². The van der Waals surface area contributed by atoms with Gasteiger partial charge in [-0.3, -0.25) is 0 Å². The van der Waals surface area contributed by atoms with E-state index in [1.54, 1.807) is 0 Å². The van der Waals surface area contributed by atoms with E-state index in [2.05, 4.69) is 31.0 Å². The van der Waals surface area contributed by atoms with Crippen molar-refractivity contribution >= 4 is 0 Å². The summed E-state index contributed by atoms with van der Waals surface area (Å²) in [7, 11) is 0. The molecule has 0 aromatic carbocycles. The van der Waals surface area contributed by atoms with Gasteiger partial charge in [0.2, 0.25) is 0 Å². The Morgan fingerprint density at radius 2 is 1.89 bits per heavy atom. The third kappa shape index (κ3) is 5.83. The van der Waals surface area contributed by atoms with Crippen molar-refractivity contribution in [2.45, 2.75) is 71.8 Å². The minimum absolute atomic E-state index is 0.424. The van der Waals surface area contributed by atoms with Crippen LogP contribution in [-0.2, 0) is 0 Å². The van der Waals surface area contributed by atoms with Gasteiger partial charge in [0.25, 0.3) is 0 Å². The summed E-state index contributed by atoms with van der Waals surface area (Å²) in [5.74, 6) is 1.00. The van der Waals surface area contributed by atoms with E-state index in [1.807, 2.05) is 0 Å². The summed E-state index contributed by atoms with van der Waals surface area (Å²) in [6.45, 7) is 12.3. The molecule has 2 fully saturated rings. The second-order valence-electron chi connectivity index (χ2n) is 7.68. The average Bonchev–Trinajstić information content (AvgIpc) is 3.16. The molecule has 1 atom stereocenters. The van der Waals surface area contributed by atoms with Gasteiger partial charge in [-0.15, -0.1) is 0 Å². The van der Waals surface area contributed by atoms with Crippen LogP contribution in [0.15, 0.2) is 0 Å². The van der Waals surface area contributed by atoms with E-state index in [0.29, 0.717) is 5.41 Å². The lowest BCUT2D eigenvalue weighted by atomic mass is 9.92. The molecule has 2 rings (SSSR count). The second kappa shape index (κ2) is 7.08. The maximum atomic E-state index is 3.70. The summed E-state index contributed by atoms with van der Waals surface area (Å²) in [5, 5.41) is 3.70. The Labute approximate surface area is 120 Å². The van der Waals surface area contributed by atoms with Crippen molar-refractivity contribution in [3.8, 4) is 0 Å². The summed E-state index contributed by atoms with van der Waals surface area (Å²) in [6, 6.07) is 0.845. The number of hydrogen-bond donors (Lipinski definition) is 1. The van der Waals surface area contributed by atoms with E-state index in [9.17, 15) is 0 Å². The molecule has 0 amide bonds. The molecule has 19 heavy (non-hydrogen) atoms. The van der Waals surface area contributed by atoms with E-state index in [4.69, 9.17) is 0 Å². The molecule has 0 radical (unpaired) electrons. The zero-order valence-corrected chi connectivity index (χ0v) is 13.4. The first kappa shape index (κ1) is 15.3. The highest BCUT2D eigenvalue weighted by molar-refractivity contribution is 4.85. The van der Waals surface area contributed by atoms with Gasteiger partial charge < -0.3 is 10.2 Å². The molecule has 0 spiro atoms. The highest BCUT2D eigenvalue weighted by Gasteiger charge is 2.27. The van der Waals surface area contributed by atoms with Crippen LogP contribution >= 0.6 is 0 Å². The van der Waals surface area contributed by atoms with Crippen LogP contribution in [0, 0.1) is 11.3 Å². The van der Waals surface area contributed by atoms with Crippen molar-refractivity contribution in [3.63, 3.8) is 0 Å². The van der Waals surface area contributed by atoms with Crippen LogP contribution in [0.5, 0.6) is 0 Å².